The summed E-state index contributed by atoms with van der Waals surface area (Å²) < 4.78 is 0. The van der Waals surface area contributed by atoms with Crippen LogP contribution < -0.4 is 10.9 Å². The summed E-state index contributed by atoms with van der Waals surface area (Å²) in [7, 11) is 0. The zero-order valence-corrected chi connectivity index (χ0v) is 15.6. The molecule has 136 valence electrons. The standard InChI is InChI=1S/C18H25N3O3S/c1-3-14-11(2)8-15(25-14)18(24)20-19-17(23)12-9-16(22)21(10-12)13-6-4-5-7-13/h8,12-13H,3-7,9-10H2,1-2H3,(H,19,23)(H,20,24)/t12-/m0/s1. The Morgan fingerprint density at radius 2 is 2.00 bits per heavy atom. The summed E-state index contributed by atoms with van der Waals surface area (Å²) in [5.74, 6) is -0.922. The molecule has 3 amide bonds. The molecule has 6 nitrogen and oxygen atoms in total. The fourth-order valence-electron chi connectivity index (χ4n) is 3.74. The van der Waals surface area contributed by atoms with Crippen LogP contribution in [0.5, 0.6) is 0 Å². The van der Waals surface area contributed by atoms with Gasteiger partial charge in [0, 0.05) is 23.9 Å². The first-order chi connectivity index (χ1) is 12.0. The number of amides is 3. The highest BCUT2D eigenvalue weighted by atomic mass is 32.1. The molecule has 2 fully saturated rings. The number of rotatable bonds is 4. The van der Waals surface area contributed by atoms with E-state index in [4.69, 9.17) is 0 Å². The van der Waals surface area contributed by atoms with E-state index in [1.54, 1.807) is 0 Å². The predicted octanol–water partition coefficient (Wildman–Crippen LogP) is 2.17. The summed E-state index contributed by atoms with van der Waals surface area (Å²) in [4.78, 5) is 40.3. The molecular formula is C18H25N3O3S. The van der Waals surface area contributed by atoms with Gasteiger partial charge in [-0.15, -0.1) is 11.3 Å². The van der Waals surface area contributed by atoms with Crippen molar-refractivity contribution in [3.8, 4) is 0 Å². The first kappa shape index (κ1) is 17.9. The quantitative estimate of drug-likeness (QED) is 0.805. The largest absolute Gasteiger partial charge is 0.339 e. The molecule has 7 heteroatoms. The van der Waals surface area contributed by atoms with Gasteiger partial charge in [-0.25, -0.2) is 0 Å². The van der Waals surface area contributed by atoms with Crippen LogP contribution in [0, 0.1) is 12.8 Å². The minimum absolute atomic E-state index is 0.0554. The maximum atomic E-state index is 12.3. The molecule has 1 saturated carbocycles. The third kappa shape index (κ3) is 3.86. The second kappa shape index (κ2) is 7.56. The molecule has 2 N–H and O–H groups in total. The number of aryl methyl sites for hydroxylation is 2. The Morgan fingerprint density at radius 3 is 2.64 bits per heavy atom. The first-order valence-corrected chi connectivity index (χ1v) is 9.80. The molecule has 1 aromatic heterocycles. The number of hydrogen-bond donors (Lipinski definition) is 2. The van der Waals surface area contributed by atoms with Crippen molar-refractivity contribution in [2.45, 2.75) is 58.4 Å². The van der Waals surface area contributed by atoms with Crippen LogP contribution in [-0.2, 0) is 16.0 Å². The molecule has 0 spiro atoms. The number of likely N-dealkylation sites (tertiary alicyclic amines) is 1. The lowest BCUT2D eigenvalue weighted by Crippen LogP contribution is -2.45. The molecule has 25 heavy (non-hydrogen) atoms. The second-order valence-corrected chi connectivity index (χ2v) is 8.04. The second-order valence-electron chi connectivity index (χ2n) is 6.90. The van der Waals surface area contributed by atoms with Crippen molar-refractivity contribution >= 4 is 29.1 Å². The van der Waals surface area contributed by atoms with E-state index in [1.165, 1.54) is 16.2 Å². The Morgan fingerprint density at radius 1 is 1.28 bits per heavy atom. The predicted molar refractivity (Wildman–Crippen MR) is 96.1 cm³/mol. The summed E-state index contributed by atoms with van der Waals surface area (Å²) in [5.41, 5.74) is 6.07. The molecule has 1 aliphatic carbocycles. The maximum Gasteiger partial charge on any atom is 0.279 e. The number of carbonyl (C=O) groups excluding carboxylic acids is 3. The summed E-state index contributed by atoms with van der Waals surface area (Å²) in [6, 6.07) is 2.13. The SMILES string of the molecule is CCc1sc(C(=O)NNC(=O)[C@H]2CC(=O)N(C3CCCC3)C2)cc1C. The van der Waals surface area contributed by atoms with Crippen molar-refractivity contribution in [2.75, 3.05) is 6.54 Å². The number of hydrazine groups is 1. The Hall–Kier alpha value is -1.89. The number of hydrogen-bond acceptors (Lipinski definition) is 4. The van der Waals surface area contributed by atoms with Crippen molar-refractivity contribution in [1.29, 1.82) is 0 Å². The molecule has 1 atom stereocenters. The van der Waals surface area contributed by atoms with Crippen LogP contribution in [0.3, 0.4) is 0 Å². The molecule has 2 heterocycles. The van der Waals surface area contributed by atoms with Gasteiger partial charge in [0.05, 0.1) is 10.8 Å². The van der Waals surface area contributed by atoms with Gasteiger partial charge in [0.1, 0.15) is 0 Å². The number of nitrogens with zero attached hydrogens (tertiary/aromatic N) is 1. The lowest BCUT2D eigenvalue weighted by atomic mass is 10.1. The maximum absolute atomic E-state index is 12.3. The van der Waals surface area contributed by atoms with Crippen molar-refractivity contribution < 1.29 is 14.4 Å². The Labute approximate surface area is 151 Å². The minimum Gasteiger partial charge on any atom is -0.339 e. The zero-order chi connectivity index (χ0) is 18.0. The van der Waals surface area contributed by atoms with Gasteiger partial charge >= 0.3 is 0 Å². The highest BCUT2D eigenvalue weighted by molar-refractivity contribution is 7.14. The lowest BCUT2D eigenvalue weighted by molar-refractivity contribution is -0.130. The van der Waals surface area contributed by atoms with Gasteiger partial charge in [-0.1, -0.05) is 19.8 Å². The van der Waals surface area contributed by atoms with Crippen LogP contribution >= 0.6 is 11.3 Å². The normalized spacial score (nSPS) is 21.0. The number of thiophene rings is 1. The van der Waals surface area contributed by atoms with E-state index in [0.717, 1.165) is 37.7 Å². The van der Waals surface area contributed by atoms with Crippen molar-refractivity contribution in [3.05, 3.63) is 21.4 Å². The molecule has 0 aromatic carbocycles. The van der Waals surface area contributed by atoms with Crippen molar-refractivity contribution in [2.24, 2.45) is 5.92 Å². The minimum atomic E-state index is -0.385. The molecule has 0 unspecified atom stereocenters. The van der Waals surface area contributed by atoms with E-state index >= 15 is 0 Å². The average Bonchev–Trinajstić information content (AvgIpc) is 3.31. The number of nitrogens with one attached hydrogen (secondary N) is 2. The molecule has 2 aliphatic rings. The van der Waals surface area contributed by atoms with E-state index in [9.17, 15) is 14.4 Å². The molecule has 3 rings (SSSR count). The Bertz CT molecular complexity index is 679. The third-order valence-electron chi connectivity index (χ3n) is 5.16. The summed E-state index contributed by atoms with van der Waals surface area (Å²) in [6.07, 6.45) is 5.50. The summed E-state index contributed by atoms with van der Waals surface area (Å²) in [5, 5.41) is 0. The van der Waals surface area contributed by atoms with E-state index in [1.807, 2.05) is 17.9 Å². The van der Waals surface area contributed by atoms with Gasteiger partial charge in [-0.2, -0.15) is 0 Å². The van der Waals surface area contributed by atoms with E-state index in [-0.39, 0.29) is 30.1 Å². The van der Waals surface area contributed by atoms with Crippen LogP contribution in [0.4, 0.5) is 0 Å². The smallest absolute Gasteiger partial charge is 0.279 e. The van der Waals surface area contributed by atoms with Gasteiger partial charge in [-0.3, -0.25) is 25.2 Å². The van der Waals surface area contributed by atoms with Gasteiger partial charge in [0.25, 0.3) is 5.91 Å². The van der Waals surface area contributed by atoms with Gasteiger partial charge in [0.15, 0.2) is 0 Å². The van der Waals surface area contributed by atoms with E-state index in [0.29, 0.717) is 17.5 Å². The highest BCUT2D eigenvalue weighted by Gasteiger charge is 2.38. The molecule has 1 aliphatic heterocycles. The third-order valence-corrected chi connectivity index (χ3v) is 6.54. The average molecular weight is 363 g/mol. The van der Waals surface area contributed by atoms with Crippen LogP contribution in [0.25, 0.3) is 0 Å². The monoisotopic (exact) mass is 363 g/mol. The fraction of sp³-hybridized carbons (Fsp3) is 0.611. The van der Waals surface area contributed by atoms with Crippen LogP contribution in [0.1, 0.15) is 59.1 Å². The summed E-state index contributed by atoms with van der Waals surface area (Å²) >= 11 is 1.44. The van der Waals surface area contributed by atoms with Crippen molar-refractivity contribution in [3.63, 3.8) is 0 Å². The molecular weight excluding hydrogens is 338 g/mol. The van der Waals surface area contributed by atoms with Crippen molar-refractivity contribution in [1.82, 2.24) is 15.8 Å². The Balaban J connectivity index is 1.52. The van der Waals surface area contributed by atoms with Crippen LogP contribution in [-0.4, -0.2) is 35.2 Å². The lowest BCUT2D eigenvalue weighted by Gasteiger charge is -2.23. The molecule has 1 aromatic rings. The van der Waals surface area contributed by atoms with Gasteiger partial charge < -0.3 is 4.90 Å². The van der Waals surface area contributed by atoms with E-state index in [2.05, 4.69) is 17.8 Å². The van der Waals surface area contributed by atoms with Crippen LogP contribution in [0.15, 0.2) is 6.07 Å². The first-order valence-electron chi connectivity index (χ1n) is 8.98. The van der Waals surface area contributed by atoms with Gasteiger partial charge in [-0.05, 0) is 37.8 Å². The topological polar surface area (TPSA) is 78.5 Å². The molecule has 1 saturated heterocycles. The fourth-order valence-corrected chi connectivity index (χ4v) is 4.75. The summed E-state index contributed by atoms with van der Waals surface area (Å²) in [6.45, 7) is 4.49. The highest BCUT2D eigenvalue weighted by Crippen LogP contribution is 2.29. The van der Waals surface area contributed by atoms with Crippen LogP contribution in [0.2, 0.25) is 0 Å². The zero-order valence-electron chi connectivity index (χ0n) is 14.8. The Kier molecular flexibility index (Phi) is 5.42. The van der Waals surface area contributed by atoms with Gasteiger partial charge in [0.2, 0.25) is 11.8 Å². The van der Waals surface area contributed by atoms with E-state index < -0.39 is 0 Å². The molecule has 0 radical (unpaired) electrons. The molecule has 0 bridgehead atoms. The number of carbonyl (C=O) groups is 3.